The fourth-order valence-electron chi connectivity index (χ4n) is 0. The molecule has 24 valence electrons. The molecule has 0 aromatic carbocycles. The Morgan fingerprint density at radius 2 is 1.29 bits per heavy atom. The van der Waals surface area contributed by atoms with Crippen molar-refractivity contribution >= 4 is 121 Å². The van der Waals surface area contributed by atoms with Crippen LogP contribution in [0.3, 0.4) is 0 Å². The molecule has 3 nitrogen and oxygen atoms in total. The quantitative estimate of drug-likeness (QED) is 0.426. The van der Waals surface area contributed by atoms with Gasteiger partial charge in [0.2, 0.25) is 0 Å². The summed E-state index contributed by atoms with van der Waals surface area (Å²) in [5.74, 6) is 0. The van der Waals surface area contributed by atoms with Crippen LogP contribution in [0.4, 0.5) is 0 Å². The van der Waals surface area contributed by atoms with E-state index in [1.807, 2.05) is 0 Å². The normalized spacial score (nSPS) is 3.43. The third kappa shape index (κ3) is 46.6. The van der Waals surface area contributed by atoms with Gasteiger partial charge in [-0.15, -0.1) is 0 Å². The first-order chi connectivity index (χ1) is 1.73. The molecule has 0 aliphatic carbocycles. The summed E-state index contributed by atoms with van der Waals surface area (Å²) in [6.07, 6.45) is 0. The van der Waals surface area contributed by atoms with E-state index < -0.39 is 9.17 Å². The smallest absolute Gasteiger partial charge is 0.672 e. The minimum atomic E-state index is -3.63. The second-order valence-corrected chi connectivity index (χ2v) is 0.750. The Morgan fingerprint density at radius 3 is 1.29 bits per heavy atom. The van der Waals surface area contributed by atoms with Crippen LogP contribution in [0.15, 0.2) is 0 Å². The minimum Gasteiger partial charge on any atom is -0.672 e. The number of hydrogen-bond acceptors (Lipinski definition) is 3. The van der Waals surface area contributed by atoms with E-state index in [1.54, 1.807) is 0 Å². The topological polar surface area (TPSA) is 63.2 Å². The molecule has 0 atom stereocenters. The van der Waals surface area contributed by atoms with Gasteiger partial charge in [0, 0.05) is 9.17 Å². The Hall–Kier alpha value is 3.20. The van der Waals surface area contributed by atoms with Crippen molar-refractivity contribution in [1.29, 1.82) is 0 Å². The van der Waals surface area contributed by atoms with Gasteiger partial charge in [0.1, 0.15) is 0 Å². The molecule has 0 N–H and O–H groups in total. The summed E-state index contributed by atoms with van der Waals surface area (Å²) in [6, 6.07) is 0. The Morgan fingerprint density at radius 1 is 1.29 bits per heavy atom. The maximum atomic E-state index is 8.52. The fraction of sp³-hybridized carbons (Fsp3) is 0. The Kier molecular flexibility index (Phi) is 51.6. The van der Waals surface area contributed by atoms with Gasteiger partial charge in [0.05, 0.1) is 0 Å². The summed E-state index contributed by atoms with van der Waals surface area (Å²) < 4.78 is 8.52. The molecule has 0 aliphatic rings. The molecule has 0 fully saturated rings. The Balaban J connectivity index is -0.0000000150. The first-order valence-corrected chi connectivity index (χ1v) is 1.84. The fourth-order valence-corrected chi connectivity index (χ4v) is 0. The van der Waals surface area contributed by atoms with E-state index >= 15 is 0 Å². The van der Waals surface area contributed by atoms with Crippen molar-refractivity contribution in [2.24, 2.45) is 0 Å². The summed E-state index contributed by atoms with van der Waals surface area (Å²) in [5.41, 5.74) is 0. The molecule has 0 aromatic heterocycles. The molecule has 0 saturated heterocycles. The molecule has 0 spiro atoms. The van der Waals surface area contributed by atoms with Gasteiger partial charge in [0.25, 0.3) is 0 Å². The van der Waals surface area contributed by atoms with Crippen molar-refractivity contribution in [3.05, 3.63) is 0 Å². The predicted molar refractivity (Wildman–Crippen MR) is 23.7 cm³/mol. The van der Waals surface area contributed by atoms with Crippen molar-refractivity contribution in [2.75, 3.05) is 0 Å². The number of rotatable bonds is 0. The van der Waals surface area contributed by atoms with Crippen LogP contribution >= 0.6 is 0 Å². The maximum Gasteiger partial charge on any atom is 3.00 e. The molecule has 0 unspecified atom stereocenters. The van der Waals surface area contributed by atoms with E-state index in [2.05, 4.69) is 0 Å². The molecule has 0 aliphatic heterocycles. The maximum absolute atomic E-state index is 8.52. The van der Waals surface area contributed by atoms with Crippen LogP contribution in [-0.2, 0) is 4.46 Å². The van der Waals surface area contributed by atoms with Crippen molar-refractivity contribution in [3.63, 3.8) is 0 Å². The van der Waals surface area contributed by atoms with Crippen LogP contribution < -0.4 is 9.59 Å². The van der Waals surface area contributed by atoms with E-state index in [0.29, 0.717) is 0 Å². The Bertz CT molecular complexity index is 37.9. The minimum absolute atomic E-state index is 0. The van der Waals surface area contributed by atoms with Gasteiger partial charge >= 0.3 is 112 Å². The third-order valence-corrected chi connectivity index (χ3v) is 0. The van der Waals surface area contributed by atoms with E-state index in [-0.39, 0.29) is 112 Å². The van der Waals surface area contributed by atoms with Crippen LogP contribution in [0.25, 0.3) is 0 Å². The van der Waals surface area contributed by atoms with Gasteiger partial charge in [-0.25, -0.2) is 0 Å². The van der Waals surface area contributed by atoms with Crippen LogP contribution in [0.2, 0.25) is 0 Å². The summed E-state index contributed by atoms with van der Waals surface area (Å²) >= 11 is 0. The molecule has 0 aromatic rings. The zero-order valence-corrected chi connectivity index (χ0v) is 13.8. The van der Waals surface area contributed by atoms with E-state index in [1.165, 1.54) is 0 Å². The second kappa shape index (κ2) is 16.1. The van der Waals surface area contributed by atoms with E-state index in [9.17, 15) is 0 Å². The zero-order chi connectivity index (χ0) is 3.58. The second-order valence-electron chi connectivity index (χ2n) is 0.250. The van der Waals surface area contributed by atoms with E-state index in [4.69, 9.17) is 14.1 Å². The van der Waals surface area contributed by atoms with Gasteiger partial charge in [-0.3, -0.25) is 0 Å². The molecule has 7 heavy (non-hydrogen) atoms. The first kappa shape index (κ1) is 22.5. The summed E-state index contributed by atoms with van der Waals surface area (Å²) in [7, 11) is -3.63. The zero-order valence-electron chi connectivity index (χ0n) is 3.72. The third-order valence-electron chi connectivity index (χ3n) is 0. The molecular weight excluding hydrogens is 328 g/mol. The van der Waals surface area contributed by atoms with Crippen LogP contribution in [-0.4, -0.2) is 121 Å². The molecule has 7 heteroatoms. The molecule has 0 saturated carbocycles. The molecule has 0 radical (unpaired) electrons. The standard InChI is InChI=1S/Al.Ba.O3Si.Sr/c;;1-4(2)3;/q+3;+2;-2;+2. The molecule has 0 rings (SSSR count). The molecular formula is AlBaO3SiSr+5. The number of hydrogen-bond donors (Lipinski definition) is 0. The average Bonchev–Trinajstić information content (AvgIpc) is 0.811. The van der Waals surface area contributed by atoms with Crippen LogP contribution in [0, 0.1) is 0 Å². The van der Waals surface area contributed by atoms with Gasteiger partial charge < -0.3 is 14.1 Å². The molecule has 0 heterocycles. The van der Waals surface area contributed by atoms with Gasteiger partial charge in [-0.1, -0.05) is 0 Å². The summed E-state index contributed by atoms with van der Waals surface area (Å²) in [5, 5.41) is 0. The van der Waals surface area contributed by atoms with Crippen molar-refractivity contribution in [3.8, 4) is 0 Å². The first-order valence-electron chi connectivity index (χ1n) is 0.612. The Labute approximate surface area is 131 Å². The monoisotopic (exact) mass is 329 g/mol. The largest absolute Gasteiger partial charge is 3.00 e. The molecule has 0 amide bonds. The summed E-state index contributed by atoms with van der Waals surface area (Å²) in [4.78, 5) is 17.0. The summed E-state index contributed by atoms with van der Waals surface area (Å²) in [6.45, 7) is 0. The van der Waals surface area contributed by atoms with Gasteiger partial charge in [-0.2, -0.15) is 0 Å². The van der Waals surface area contributed by atoms with Crippen molar-refractivity contribution in [2.45, 2.75) is 0 Å². The average molecular weight is 328 g/mol. The van der Waals surface area contributed by atoms with E-state index in [0.717, 1.165) is 0 Å². The predicted octanol–water partition coefficient (Wildman–Crippen LogP) is -4.02. The SMILES string of the molecule is O=[Si]([O-])[O-].[Al+3].[Ba+2].[Sr+2]. The molecule has 0 bridgehead atoms. The van der Waals surface area contributed by atoms with Gasteiger partial charge in [-0.05, 0) is 0 Å². The van der Waals surface area contributed by atoms with Crippen molar-refractivity contribution < 1.29 is 14.1 Å². The van der Waals surface area contributed by atoms with Crippen LogP contribution in [0.5, 0.6) is 0 Å². The van der Waals surface area contributed by atoms with Crippen molar-refractivity contribution in [1.82, 2.24) is 0 Å². The van der Waals surface area contributed by atoms with Crippen LogP contribution in [0.1, 0.15) is 0 Å². The van der Waals surface area contributed by atoms with Gasteiger partial charge in [0.15, 0.2) is 0 Å².